The number of nitrogens with two attached hydrogens (primary N) is 1. The summed E-state index contributed by atoms with van der Waals surface area (Å²) in [6, 6.07) is -3.90. The number of carbonyl (C=O) groups is 5. The summed E-state index contributed by atoms with van der Waals surface area (Å²) in [5.74, 6) is -4.98. The first-order valence-corrected chi connectivity index (χ1v) is 9.24. The summed E-state index contributed by atoms with van der Waals surface area (Å²) in [6.45, 7) is 0.566. The average molecular weight is 442 g/mol. The van der Waals surface area contributed by atoms with Crippen molar-refractivity contribution < 1.29 is 39.3 Å². The highest BCUT2D eigenvalue weighted by molar-refractivity contribution is 5.92. The zero-order valence-electron chi connectivity index (χ0n) is 16.7. The zero-order valence-corrected chi connectivity index (χ0v) is 16.7. The van der Waals surface area contributed by atoms with Gasteiger partial charge >= 0.3 is 11.9 Å². The molecule has 0 spiro atoms. The molecule has 3 amide bonds. The van der Waals surface area contributed by atoms with Gasteiger partial charge in [0.2, 0.25) is 17.7 Å². The summed E-state index contributed by atoms with van der Waals surface area (Å²) in [7, 11) is 0. The van der Waals surface area contributed by atoms with Gasteiger partial charge in [0.1, 0.15) is 6.04 Å². The maximum absolute atomic E-state index is 12.5. The van der Waals surface area contributed by atoms with Gasteiger partial charge in [0, 0.05) is 24.7 Å². The molecule has 0 bridgehead atoms. The van der Waals surface area contributed by atoms with Gasteiger partial charge in [-0.05, 0) is 13.3 Å². The van der Waals surface area contributed by atoms with Gasteiger partial charge in [-0.1, -0.05) is 0 Å². The fraction of sp³-hybridized carbons (Fsp3) is 0.529. The third-order valence-corrected chi connectivity index (χ3v) is 4.11. The Labute approximate surface area is 176 Å². The maximum atomic E-state index is 12.5. The van der Waals surface area contributed by atoms with Crippen molar-refractivity contribution in [3.63, 3.8) is 0 Å². The number of aromatic amines is 1. The Morgan fingerprint density at radius 1 is 1.16 bits per heavy atom. The van der Waals surface area contributed by atoms with Crippen molar-refractivity contribution in [1.82, 2.24) is 25.9 Å². The normalized spacial score (nSPS) is 14.5. The number of imidazole rings is 1. The van der Waals surface area contributed by atoms with Crippen LogP contribution in [0.5, 0.6) is 0 Å². The largest absolute Gasteiger partial charge is 0.481 e. The van der Waals surface area contributed by atoms with E-state index >= 15 is 0 Å². The summed E-state index contributed by atoms with van der Waals surface area (Å²) in [5.41, 5.74) is 6.14. The molecule has 1 rings (SSSR count). The van der Waals surface area contributed by atoms with Crippen molar-refractivity contribution in [2.75, 3.05) is 6.54 Å². The number of aliphatic hydroxyl groups excluding tert-OH is 1. The van der Waals surface area contributed by atoms with Crippen LogP contribution in [0.1, 0.15) is 25.5 Å². The van der Waals surface area contributed by atoms with Crippen molar-refractivity contribution in [1.29, 1.82) is 0 Å². The fourth-order valence-electron chi connectivity index (χ4n) is 2.42. The molecular formula is C17H26N6O8. The molecule has 14 nitrogen and oxygen atoms in total. The van der Waals surface area contributed by atoms with Crippen molar-refractivity contribution in [2.45, 2.75) is 50.4 Å². The molecule has 14 heteroatoms. The van der Waals surface area contributed by atoms with Crippen molar-refractivity contribution >= 4 is 29.7 Å². The van der Waals surface area contributed by atoms with E-state index in [1.807, 2.05) is 0 Å². The molecule has 0 saturated carbocycles. The minimum Gasteiger partial charge on any atom is -0.481 e. The standard InChI is InChI=1S/C17H26N6O8/c1-8(24)14(17(30)31)23-12(25)6-20-16(29)11(4-9-5-19-7-21-9)22-15(28)10(18)2-3-13(26)27/h5,7-8,10-11,14,24H,2-4,6,18H2,1H3,(H,19,21)(H,20,29)(H,22,28)(H,23,25)(H,26,27)(H,30,31). The molecule has 1 aromatic rings. The number of nitrogens with one attached hydrogen (secondary N) is 4. The van der Waals surface area contributed by atoms with Crippen LogP contribution in [0.3, 0.4) is 0 Å². The lowest BCUT2D eigenvalue weighted by molar-refractivity contribution is -0.144. The van der Waals surface area contributed by atoms with Crippen LogP contribution in [0.25, 0.3) is 0 Å². The number of hydrogen-bond acceptors (Lipinski definition) is 8. The molecule has 4 atom stereocenters. The minimum atomic E-state index is -1.56. The Balaban J connectivity index is 2.73. The van der Waals surface area contributed by atoms with Gasteiger partial charge in [-0.2, -0.15) is 0 Å². The van der Waals surface area contributed by atoms with E-state index < -0.39 is 60.4 Å². The first kappa shape index (κ1) is 25.5. The van der Waals surface area contributed by atoms with Gasteiger partial charge in [0.05, 0.1) is 25.0 Å². The van der Waals surface area contributed by atoms with E-state index in [2.05, 4.69) is 25.9 Å². The lowest BCUT2D eigenvalue weighted by atomic mass is 10.1. The smallest absolute Gasteiger partial charge is 0.328 e. The number of hydrogen-bond donors (Lipinski definition) is 8. The van der Waals surface area contributed by atoms with Gasteiger partial charge in [-0.3, -0.25) is 19.2 Å². The third kappa shape index (κ3) is 9.22. The molecule has 31 heavy (non-hydrogen) atoms. The topological polar surface area (TPSA) is 237 Å². The Hall–Kier alpha value is -3.52. The summed E-state index contributed by atoms with van der Waals surface area (Å²) in [5, 5.41) is 33.8. The van der Waals surface area contributed by atoms with Crippen LogP contribution >= 0.6 is 0 Å². The number of amides is 3. The maximum Gasteiger partial charge on any atom is 0.328 e. The molecule has 1 aromatic heterocycles. The molecular weight excluding hydrogens is 416 g/mol. The van der Waals surface area contributed by atoms with E-state index in [1.54, 1.807) is 0 Å². The second kappa shape index (κ2) is 12.2. The molecule has 9 N–H and O–H groups in total. The van der Waals surface area contributed by atoms with E-state index in [1.165, 1.54) is 19.4 Å². The van der Waals surface area contributed by atoms with Gasteiger partial charge in [-0.15, -0.1) is 0 Å². The fourth-order valence-corrected chi connectivity index (χ4v) is 2.42. The highest BCUT2D eigenvalue weighted by Gasteiger charge is 2.27. The number of aromatic nitrogens is 2. The molecule has 0 aromatic carbocycles. The first-order valence-electron chi connectivity index (χ1n) is 9.24. The van der Waals surface area contributed by atoms with Gasteiger partial charge in [0.15, 0.2) is 6.04 Å². The number of aliphatic carboxylic acids is 2. The highest BCUT2D eigenvalue weighted by atomic mass is 16.4. The Kier molecular flexibility index (Phi) is 10.1. The molecule has 172 valence electrons. The molecule has 0 aliphatic rings. The van der Waals surface area contributed by atoms with Crippen LogP contribution in [-0.2, 0) is 30.4 Å². The summed E-state index contributed by atoms with van der Waals surface area (Å²) >= 11 is 0. The predicted octanol–water partition coefficient (Wildman–Crippen LogP) is -3.30. The lowest BCUT2D eigenvalue weighted by Crippen LogP contribution is -2.55. The van der Waals surface area contributed by atoms with Gasteiger partial charge < -0.3 is 42.0 Å². The molecule has 0 aliphatic carbocycles. The monoisotopic (exact) mass is 442 g/mol. The van der Waals surface area contributed by atoms with Crippen molar-refractivity contribution in [2.24, 2.45) is 5.73 Å². The molecule has 0 radical (unpaired) electrons. The van der Waals surface area contributed by atoms with E-state index in [4.69, 9.17) is 15.9 Å². The van der Waals surface area contributed by atoms with Crippen molar-refractivity contribution in [3.8, 4) is 0 Å². The van der Waals surface area contributed by atoms with Gasteiger partial charge in [0.25, 0.3) is 0 Å². The van der Waals surface area contributed by atoms with Crippen LogP contribution in [-0.4, -0.2) is 85.7 Å². The molecule has 0 saturated heterocycles. The SMILES string of the molecule is CC(O)C(NC(=O)CNC(=O)C(Cc1cnc[nH]1)NC(=O)C(N)CCC(=O)O)C(=O)O. The first-order chi connectivity index (χ1) is 14.5. The van der Waals surface area contributed by atoms with E-state index in [0.717, 1.165) is 0 Å². The number of nitrogens with zero attached hydrogens (tertiary/aromatic N) is 1. The van der Waals surface area contributed by atoms with Crippen LogP contribution in [0.2, 0.25) is 0 Å². The number of carbonyl (C=O) groups excluding carboxylic acids is 3. The van der Waals surface area contributed by atoms with E-state index in [-0.39, 0.29) is 19.3 Å². The van der Waals surface area contributed by atoms with E-state index in [0.29, 0.717) is 5.69 Å². The Morgan fingerprint density at radius 2 is 1.84 bits per heavy atom. The second-order valence-corrected chi connectivity index (χ2v) is 6.72. The number of H-pyrrole nitrogens is 1. The van der Waals surface area contributed by atoms with Crippen molar-refractivity contribution in [3.05, 3.63) is 18.2 Å². The zero-order chi connectivity index (χ0) is 23.6. The van der Waals surface area contributed by atoms with Gasteiger partial charge in [-0.25, -0.2) is 9.78 Å². The summed E-state index contributed by atoms with van der Waals surface area (Å²) in [4.78, 5) is 64.8. The van der Waals surface area contributed by atoms with Crippen LogP contribution in [0, 0.1) is 0 Å². The molecule has 0 aliphatic heterocycles. The number of carboxylic acids is 2. The number of rotatable bonds is 13. The van der Waals surface area contributed by atoms with Crippen LogP contribution in [0.15, 0.2) is 12.5 Å². The second-order valence-electron chi connectivity index (χ2n) is 6.72. The highest BCUT2D eigenvalue weighted by Crippen LogP contribution is 2.02. The predicted molar refractivity (Wildman–Crippen MR) is 103 cm³/mol. The Morgan fingerprint density at radius 3 is 2.35 bits per heavy atom. The molecule has 0 fully saturated rings. The minimum absolute atomic E-state index is 0.0315. The quantitative estimate of drug-likeness (QED) is 0.151. The van der Waals surface area contributed by atoms with E-state index in [9.17, 15) is 29.1 Å². The number of carboxylic acid groups (broad SMARTS) is 2. The summed E-state index contributed by atoms with van der Waals surface area (Å²) < 4.78 is 0. The third-order valence-electron chi connectivity index (χ3n) is 4.11. The van der Waals surface area contributed by atoms with Crippen LogP contribution in [0.4, 0.5) is 0 Å². The van der Waals surface area contributed by atoms with Crippen LogP contribution < -0.4 is 21.7 Å². The average Bonchev–Trinajstić information content (AvgIpc) is 3.20. The molecule has 1 heterocycles. The summed E-state index contributed by atoms with van der Waals surface area (Å²) in [6.07, 6.45) is 0.912. The Bertz CT molecular complexity index is 782. The number of aliphatic hydroxyl groups is 1. The molecule has 4 unspecified atom stereocenters. The lowest BCUT2D eigenvalue weighted by Gasteiger charge is -2.21.